The van der Waals surface area contributed by atoms with Crippen molar-refractivity contribution in [1.29, 1.82) is 0 Å². The number of fused-ring (bicyclic) bond motifs is 1. The molecule has 32 heavy (non-hydrogen) atoms. The first-order valence-electron chi connectivity index (χ1n) is 10.2. The molecule has 0 aliphatic rings. The lowest BCUT2D eigenvalue weighted by atomic mass is 10.1. The smallest absolute Gasteiger partial charge is 0.281 e. The van der Waals surface area contributed by atoms with Gasteiger partial charge in [0.05, 0.1) is 16.0 Å². The van der Waals surface area contributed by atoms with Gasteiger partial charge in [0, 0.05) is 44.9 Å². The van der Waals surface area contributed by atoms with Gasteiger partial charge in [0.15, 0.2) is 0 Å². The minimum Gasteiger partial charge on any atom is -0.318 e. The van der Waals surface area contributed by atoms with Crippen LogP contribution in [0.3, 0.4) is 0 Å². The van der Waals surface area contributed by atoms with E-state index >= 15 is 0 Å². The van der Waals surface area contributed by atoms with Crippen molar-refractivity contribution in [2.45, 2.75) is 27.2 Å². The molecule has 4 aromatic rings. The van der Waals surface area contributed by atoms with Crippen LogP contribution in [0.4, 0.5) is 5.69 Å². The second-order valence-electron chi connectivity index (χ2n) is 7.47. The van der Waals surface area contributed by atoms with Crippen molar-refractivity contribution >= 4 is 39.2 Å². The number of nitro benzene ring substituents is 1. The van der Waals surface area contributed by atoms with Crippen LogP contribution < -0.4 is 5.43 Å². The molecule has 0 aliphatic heterocycles. The van der Waals surface area contributed by atoms with E-state index in [1.165, 1.54) is 29.0 Å². The molecule has 0 bridgehead atoms. The van der Waals surface area contributed by atoms with E-state index in [4.69, 9.17) is 0 Å². The lowest BCUT2D eigenvalue weighted by Gasteiger charge is -2.10. The van der Waals surface area contributed by atoms with Crippen LogP contribution >= 0.6 is 11.3 Å². The number of nitrogens with one attached hydrogen (secondary N) is 1. The first-order valence-corrected chi connectivity index (χ1v) is 11.0. The van der Waals surface area contributed by atoms with Gasteiger partial charge in [-0.3, -0.25) is 14.9 Å². The normalized spacial score (nSPS) is 11.3. The third-order valence-electron chi connectivity index (χ3n) is 5.38. The Balaban J connectivity index is 1.51. The maximum atomic E-state index is 12.5. The highest BCUT2D eigenvalue weighted by Crippen LogP contribution is 2.29. The van der Waals surface area contributed by atoms with Gasteiger partial charge >= 0.3 is 0 Å². The summed E-state index contributed by atoms with van der Waals surface area (Å²) in [7, 11) is 0. The summed E-state index contributed by atoms with van der Waals surface area (Å²) in [6.45, 7) is 6.18. The molecule has 8 heteroatoms. The van der Waals surface area contributed by atoms with Crippen molar-refractivity contribution in [2.24, 2.45) is 5.10 Å². The van der Waals surface area contributed by atoms with E-state index in [-0.39, 0.29) is 11.6 Å². The summed E-state index contributed by atoms with van der Waals surface area (Å²) >= 11 is 1.27. The first kappa shape index (κ1) is 21.5. The fraction of sp³-hybridized carbons (Fsp3) is 0.167. The van der Waals surface area contributed by atoms with E-state index in [9.17, 15) is 14.9 Å². The molecule has 7 nitrogen and oxygen atoms in total. The standard InChI is InChI=1S/C24H22N4O3S/c1-4-17-5-7-20(8-6-17)27-15(2)11-19(16(27)3)14-25-26-24(29)23-13-18-12-21(28(30)31)9-10-22(18)32-23/h5-14H,4H2,1-3H3,(H,26,29)/b25-14-. The molecule has 0 saturated carbocycles. The molecule has 1 N–H and O–H groups in total. The first-order chi connectivity index (χ1) is 15.4. The summed E-state index contributed by atoms with van der Waals surface area (Å²) < 4.78 is 2.96. The third kappa shape index (κ3) is 4.17. The second kappa shape index (κ2) is 8.76. The highest BCUT2D eigenvalue weighted by atomic mass is 32.1. The predicted molar refractivity (Wildman–Crippen MR) is 128 cm³/mol. The highest BCUT2D eigenvalue weighted by molar-refractivity contribution is 7.20. The van der Waals surface area contributed by atoms with Crippen LogP contribution in [0.25, 0.3) is 15.8 Å². The number of hydrogen-bond acceptors (Lipinski definition) is 5. The number of carbonyl (C=O) groups excluding carboxylic acids is 1. The van der Waals surface area contributed by atoms with Crippen LogP contribution in [0, 0.1) is 24.0 Å². The summed E-state index contributed by atoms with van der Waals surface area (Å²) in [5, 5.41) is 15.7. The number of hydrogen-bond donors (Lipinski definition) is 1. The average molecular weight is 447 g/mol. The van der Waals surface area contributed by atoms with Gasteiger partial charge in [-0.25, -0.2) is 5.43 Å². The minimum absolute atomic E-state index is 0.0000277. The number of rotatable bonds is 6. The fourth-order valence-corrected chi connectivity index (χ4v) is 4.60. The Labute approximate surface area is 189 Å². The van der Waals surface area contributed by atoms with Crippen LogP contribution in [0.2, 0.25) is 0 Å². The summed E-state index contributed by atoms with van der Waals surface area (Å²) in [4.78, 5) is 23.4. The summed E-state index contributed by atoms with van der Waals surface area (Å²) in [6.07, 6.45) is 2.63. The van der Waals surface area contributed by atoms with Crippen LogP contribution in [0.5, 0.6) is 0 Å². The van der Waals surface area contributed by atoms with Gasteiger partial charge in [-0.2, -0.15) is 5.10 Å². The number of aromatic nitrogens is 1. The molecule has 0 spiro atoms. The maximum absolute atomic E-state index is 12.5. The Morgan fingerprint density at radius 2 is 1.91 bits per heavy atom. The van der Waals surface area contributed by atoms with Gasteiger partial charge in [0.2, 0.25) is 0 Å². The second-order valence-corrected chi connectivity index (χ2v) is 8.55. The minimum atomic E-state index is -0.449. The van der Waals surface area contributed by atoms with Gasteiger partial charge < -0.3 is 4.57 Å². The zero-order valence-electron chi connectivity index (χ0n) is 18.0. The molecular formula is C24H22N4O3S. The van der Waals surface area contributed by atoms with Crippen molar-refractivity contribution < 1.29 is 9.72 Å². The quantitative estimate of drug-likeness (QED) is 0.239. The monoisotopic (exact) mass is 446 g/mol. The number of non-ortho nitro benzene ring substituents is 1. The van der Waals surface area contributed by atoms with Gasteiger partial charge in [0.1, 0.15) is 0 Å². The summed E-state index contributed by atoms with van der Waals surface area (Å²) in [5.74, 6) is -0.353. The lowest BCUT2D eigenvalue weighted by molar-refractivity contribution is -0.384. The number of nitrogens with zero attached hydrogens (tertiary/aromatic N) is 3. The van der Waals surface area contributed by atoms with Crippen LogP contribution in [-0.4, -0.2) is 21.6 Å². The Bertz CT molecular complexity index is 1350. The van der Waals surface area contributed by atoms with Crippen molar-refractivity contribution in [3.05, 3.63) is 92.1 Å². The largest absolute Gasteiger partial charge is 0.318 e. The Hall–Kier alpha value is -3.78. The summed E-state index contributed by atoms with van der Waals surface area (Å²) in [5.41, 5.74) is 7.94. The van der Waals surface area contributed by atoms with Gasteiger partial charge in [-0.05, 0) is 56.2 Å². The van der Waals surface area contributed by atoms with Crippen molar-refractivity contribution in [2.75, 3.05) is 0 Å². The molecule has 0 atom stereocenters. The van der Waals surface area contributed by atoms with Gasteiger partial charge in [0.25, 0.3) is 11.6 Å². The Morgan fingerprint density at radius 3 is 2.59 bits per heavy atom. The lowest BCUT2D eigenvalue weighted by Crippen LogP contribution is -2.16. The number of aryl methyl sites for hydroxylation is 2. The number of benzene rings is 2. The number of hydrazone groups is 1. The number of carbonyl (C=O) groups is 1. The van der Waals surface area contributed by atoms with E-state index in [0.29, 0.717) is 10.3 Å². The van der Waals surface area contributed by atoms with Gasteiger partial charge in [-0.15, -0.1) is 11.3 Å². The van der Waals surface area contributed by atoms with E-state index in [1.54, 1.807) is 18.3 Å². The van der Waals surface area contributed by atoms with Crippen LogP contribution in [0.15, 0.2) is 59.7 Å². The Morgan fingerprint density at radius 1 is 1.16 bits per heavy atom. The number of amides is 1. The number of nitro groups is 1. The third-order valence-corrected chi connectivity index (χ3v) is 6.49. The number of thiophene rings is 1. The predicted octanol–water partition coefficient (Wildman–Crippen LogP) is 5.54. The molecule has 162 valence electrons. The molecular weight excluding hydrogens is 424 g/mol. The Kier molecular flexibility index (Phi) is 5.87. The van der Waals surface area contributed by atoms with E-state index in [1.807, 2.05) is 19.9 Å². The molecule has 2 aromatic carbocycles. The topological polar surface area (TPSA) is 89.5 Å². The molecule has 2 heterocycles. The highest BCUT2D eigenvalue weighted by Gasteiger charge is 2.13. The molecule has 4 rings (SSSR count). The maximum Gasteiger partial charge on any atom is 0.281 e. The molecule has 0 radical (unpaired) electrons. The van der Waals surface area contributed by atoms with Gasteiger partial charge in [-0.1, -0.05) is 19.1 Å². The molecule has 0 unspecified atom stereocenters. The van der Waals surface area contributed by atoms with E-state index < -0.39 is 4.92 Å². The van der Waals surface area contributed by atoms with Crippen molar-refractivity contribution in [3.63, 3.8) is 0 Å². The molecule has 0 saturated heterocycles. The molecule has 0 fully saturated rings. The zero-order valence-corrected chi connectivity index (χ0v) is 18.8. The fourth-order valence-electron chi connectivity index (χ4n) is 3.67. The SMILES string of the molecule is CCc1ccc(-n2c(C)cc(/C=N\NC(=O)c3cc4cc([N+](=O)[O-])ccc4s3)c2C)cc1. The van der Waals surface area contributed by atoms with Crippen molar-refractivity contribution in [1.82, 2.24) is 9.99 Å². The zero-order chi connectivity index (χ0) is 22.8. The van der Waals surface area contributed by atoms with Crippen molar-refractivity contribution in [3.8, 4) is 5.69 Å². The molecule has 1 amide bonds. The van der Waals surface area contributed by atoms with E-state index in [2.05, 4.69) is 46.3 Å². The molecule has 0 aliphatic carbocycles. The van der Waals surface area contributed by atoms with E-state index in [0.717, 1.165) is 33.8 Å². The molecule has 2 aromatic heterocycles. The summed E-state index contributed by atoms with van der Waals surface area (Å²) in [6, 6.07) is 16.7. The van der Waals surface area contributed by atoms with Crippen LogP contribution in [0.1, 0.15) is 39.1 Å². The average Bonchev–Trinajstić information content (AvgIpc) is 3.33. The van der Waals surface area contributed by atoms with Crippen LogP contribution in [-0.2, 0) is 6.42 Å².